The molecule has 0 radical (unpaired) electrons. The van der Waals surface area contributed by atoms with Crippen LogP contribution in [0.2, 0.25) is 0 Å². The lowest BCUT2D eigenvalue weighted by Crippen LogP contribution is -2.27. The van der Waals surface area contributed by atoms with E-state index >= 15 is 0 Å². The summed E-state index contributed by atoms with van der Waals surface area (Å²) in [5, 5.41) is 12.3. The predicted molar refractivity (Wildman–Crippen MR) is 128 cm³/mol. The van der Waals surface area contributed by atoms with Gasteiger partial charge in [-0.3, -0.25) is 18.6 Å². The average molecular weight is 494 g/mol. The SMILES string of the molecule is CCCC/C=C\CCCCCCCC(=O)OCC(O)COP(=O)(O)OCCNC(=O)CCC. The van der Waals surface area contributed by atoms with Crippen molar-refractivity contribution in [3.05, 3.63) is 12.2 Å². The van der Waals surface area contributed by atoms with E-state index in [1.807, 2.05) is 6.92 Å². The summed E-state index contributed by atoms with van der Waals surface area (Å²) in [5.74, 6) is -0.586. The molecule has 0 aliphatic heterocycles. The summed E-state index contributed by atoms with van der Waals surface area (Å²) in [4.78, 5) is 32.6. The van der Waals surface area contributed by atoms with Gasteiger partial charge in [0.15, 0.2) is 0 Å². The number of amides is 1. The third-order valence-electron chi connectivity index (χ3n) is 4.67. The number of carbonyl (C=O) groups excluding carboxylic acids is 2. The fraction of sp³-hybridized carbons (Fsp3) is 0.826. The van der Waals surface area contributed by atoms with Gasteiger partial charge in [0.2, 0.25) is 5.91 Å². The first-order chi connectivity index (χ1) is 15.8. The molecule has 0 fully saturated rings. The highest BCUT2D eigenvalue weighted by Gasteiger charge is 2.23. The maximum atomic E-state index is 11.7. The molecule has 0 heterocycles. The van der Waals surface area contributed by atoms with Crippen LogP contribution >= 0.6 is 7.82 Å². The summed E-state index contributed by atoms with van der Waals surface area (Å²) in [6, 6.07) is 0. The standard InChI is InChI=1S/C23H44NO8P/c1-3-5-6-7-8-9-10-11-12-13-14-16-23(27)30-19-21(25)20-32-33(28,29)31-18-17-24-22(26)15-4-2/h7-8,21,25H,3-6,9-20H2,1-2H3,(H,24,26)(H,28,29)/b8-7-. The third-order valence-corrected chi connectivity index (χ3v) is 5.65. The van der Waals surface area contributed by atoms with E-state index in [-0.39, 0.29) is 32.1 Å². The van der Waals surface area contributed by atoms with Crippen molar-refractivity contribution in [1.82, 2.24) is 5.32 Å². The molecule has 1 amide bonds. The molecule has 33 heavy (non-hydrogen) atoms. The van der Waals surface area contributed by atoms with E-state index in [4.69, 9.17) is 9.26 Å². The number of hydrogen-bond donors (Lipinski definition) is 3. The number of aliphatic hydroxyl groups is 1. The fourth-order valence-electron chi connectivity index (χ4n) is 2.81. The number of phosphoric ester groups is 1. The highest BCUT2D eigenvalue weighted by molar-refractivity contribution is 7.47. The van der Waals surface area contributed by atoms with Crippen molar-refractivity contribution in [1.29, 1.82) is 0 Å². The van der Waals surface area contributed by atoms with Crippen molar-refractivity contribution in [2.24, 2.45) is 0 Å². The summed E-state index contributed by atoms with van der Waals surface area (Å²) >= 11 is 0. The van der Waals surface area contributed by atoms with Gasteiger partial charge in [0, 0.05) is 19.4 Å². The number of rotatable bonds is 22. The van der Waals surface area contributed by atoms with Gasteiger partial charge >= 0.3 is 13.8 Å². The van der Waals surface area contributed by atoms with Gasteiger partial charge in [-0.05, 0) is 32.1 Å². The molecule has 0 aromatic carbocycles. The average Bonchev–Trinajstić information content (AvgIpc) is 2.78. The number of hydrogen-bond acceptors (Lipinski definition) is 7. The molecule has 2 unspecified atom stereocenters. The molecule has 10 heteroatoms. The van der Waals surface area contributed by atoms with Crippen LogP contribution in [-0.4, -0.2) is 54.3 Å². The zero-order valence-electron chi connectivity index (χ0n) is 20.3. The molecule has 2 atom stereocenters. The van der Waals surface area contributed by atoms with Crippen LogP contribution in [-0.2, 0) is 27.9 Å². The largest absolute Gasteiger partial charge is 0.472 e. The van der Waals surface area contributed by atoms with Gasteiger partial charge in [0.05, 0.1) is 13.2 Å². The van der Waals surface area contributed by atoms with Gasteiger partial charge in [0.1, 0.15) is 12.7 Å². The van der Waals surface area contributed by atoms with E-state index in [2.05, 4.69) is 28.9 Å². The second-order valence-corrected chi connectivity index (χ2v) is 9.41. The van der Waals surface area contributed by atoms with Crippen LogP contribution in [0.25, 0.3) is 0 Å². The molecule has 0 aromatic heterocycles. The van der Waals surface area contributed by atoms with E-state index in [1.54, 1.807) is 0 Å². The Morgan fingerprint density at radius 3 is 2.27 bits per heavy atom. The smallest absolute Gasteiger partial charge is 0.463 e. The number of phosphoric acid groups is 1. The molecule has 0 saturated carbocycles. The topological polar surface area (TPSA) is 131 Å². The lowest BCUT2D eigenvalue weighted by Gasteiger charge is -2.15. The van der Waals surface area contributed by atoms with Gasteiger partial charge in [-0.2, -0.15) is 0 Å². The van der Waals surface area contributed by atoms with E-state index in [9.17, 15) is 24.2 Å². The highest BCUT2D eigenvalue weighted by Crippen LogP contribution is 2.42. The Kier molecular flexibility index (Phi) is 20.5. The first-order valence-corrected chi connectivity index (χ1v) is 13.7. The van der Waals surface area contributed by atoms with Gasteiger partial charge in [-0.15, -0.1) is 0 Å². The zero-order chi connectivity index (χ0) is 24.8. The molecule has 0 aromatic rings. The number of ether oxygens (including phenoxy) is 1. The number of aliphatic hydroxyl groups excluding tert-OH is 1. The normalized spacial score (nSPS) is 14.2. The summed E-state index contributed by atoms with van der Waals surface area (Å²) < 4.78 is 26.1. The minimum absolute atomic E-state index is 0.0724. The lowest BCUT2D eigenvalue weighted by atomic mass is 10.1. The van der Waals surface area contributed by atoms with Gasteiger partial charge in [-0.25, -0.2) is 4.57 Å². The summed E-state index contributed by atoms with van der Waals surface area (Å²) in [6.45, 7) is 3.08. The Hall–Kier alpha value is -1.25. The van der Waals surface area contributed by atoms with Crippen LogP contribution in [0.3, 0.4) is 0 Å². The Balaban J connectivity index is 3.68. The maximum Gasteiger partial charge on any atom is 0.472 e. The van der Waals surface area contributed by atoms with Crippen molar-refractivity contribution in [2.75, 3.05) is 26.4 Å². The quantitative estimate of drug-likeness (QED) is 0.0874. The fourth-order valence-corrected chi connectivity index (χ4v) is 3.57. The second-order valence-electron chi connectivity index (χ2n) is 7.95. The first-order valence-electron chi connectivity index (χ1n) is 12.2. The maximum absolute atomic E-state index is 11.7. The van der Waals surface area contributed by atoms with E-state index in [0.29, 0.717) is 12.8 Å². The lowest BCUT2D eigenvalue weighted by molar-refractivity contribution is -0.147. The molecular formula is C23H44NO8P. The number of allylic oxidation sites excluding steroid dienone is 2. The van der Waals surface area contributed by atoms with E-state index < -0.39 is 26.5 Å². The van der Waals surface area contributed by atoms with Crippen molar-refractivity contribution < 1.29 is 37.9 Å². The Labute approximate surface area is 198 Å². The number of unbranched alkanes of at least 4 members (excludes halogenated alkanes) is 7. The van der Waals surface area contributed by atoms with Crippen LogP contribution in [0.4, 0.5) is 0 Å². The number of carbonyl (C=O) groups is 2. The zero-order valence-corrected chi connectivity index (χ0v) is 21.2. The van der Waals surface area contributed by atoms with Gasteiger partial charge in [0.25, 0.3) is 0 Å². The molecule has 0 bridgehead atoms. The minimum Gasteiger partial charge on any atom is -0.463 e. The third kappa shape index (κ3) is 22.3. The molecule has 0 aliphatic rings. The van der Waals surface area contributed by atoms with Crippen molar-refractivity contribution >= 4 is 19.7 Å². The molecule has 0 rings (SSSR count). The Morgan fingerprint density at radius 2 is 1.58 bits per heavy atom. The van der Waals surface area contributed by atoms with Gasteiger partial charge in [-0.1, -0.05) is 58.1 Å². The van der Waals surface area contributed by atoms with Crippen LogP contribution in [0.5, 0.6) is 0 Å². The Bertz CT molecular complexity index is 585. The van der Waals surface area contributed by atoms with Crippen molar-refractivity contribution in [3.63, 3.8) is 0 Å². The molecule has 194 valence electrons. The van der Waals surface area contributed by atoms with Gasteiger partial charge < -0.3 is 20.1 Å². The van der Waals surface area contributed by atoms with Crippen LogP contribution in [0.15, 0.2) is 12.2 Å². The number of nitrogens with one attached hydrogen (secondary N) is 1. The highest BCUT2D eigenvalue weighted by atomic mass is 31.2. The van der Waals surface area contributed by atoms with E-state index in [1.165, 1.54) is 12.8 Å². The van der Waals surface area contributed by atoms with Crippen LogP contribution in [0, 0.1) is 0 Å². The monoisotopic (exact) mass is 493 g/mol. The van der Waals surface area contributed by atoms with E-state index in [0.717, 1.165) is 44.9 Å². The van der Waals surface area contributed by atoms with Crippen molar-refractivity contribution in [3.8, 4) is 0 Å². The molecule has 0 spiro atoms. The van der Waals surface area contributed by atoms with Crippen LogP contribution in [0.1, 0.15) is 90.9 Å². The molecule has 0 aliphatic carbocycles. The minimum atomic E-state index is -4.37. The first kappa shape index (κ1) is 31.8. The summed E-state index contributed by atoms with van der Waals surface area (Å²) in [5.41, 5.74) is 0. The molecule has 0 saturated heterocycles. The summed E-state index contributed by atoms with van der Waals surface area (Å²) in [7, 11) is -4.37. The molecular weight excluding hydrogens is 449 g/mol. The number of esters is 1. The Morgan fingerprint density at radius 1 is 0.909 bits per heavy atom. The predicted octanol–water partition coefficient (Wildman–Crippen LogP) is 4.42. The molecule has 3 N–H and O–H groups in total. The summed E-state index contributed by atoms with van der Waals surface area (Å²) in [6.07, 6.45) is 14.4. The van der Waals surface area contributed by atoms with Crippen molar-refractivity contribution in [2.45, 2.75) is 97.0 Å². The molecule has 9 nitrogen and oxygen atoms in total. The second kappa shape index (κ2) is 21.3. The van der Waals surface area contributed by atoms with Crippen LogP contribution < -0.4 is 5.32 Å².